The molecule has 0 aromatic carbocycles. The van der Waals surface area contributed by atoms with Gasteiger partial charge in [0.15, 0.2) is 6.17 Å². The smallest absolute Gasteiger partial charge is 0.241 e. The highest BCUT2D eigenvalue weighted by atomic mass is 19.4. The molecule has 0 heterocycles. The Morgan fingerprint density at radius 2 is 0.378 bits per heavy atom. The van der Waals surface area contributed by atoms with E-state index in [-0.39, 0.29) is 0 Å². The topological polar surface area (TPSA) is 0 Å². The first-order valence-corrected chi connectivity index (χ1v) is 9.72. The fourth-order valence-corrected chi connectivity index (χ4v) is 2.58. The molecule has 0 aromatic heterocycles. The van der Waals surface area contributed by atoms with Crippen LogP contribution in [0.4, 0.5) is 127 Å². The summed E-state index contributed by atoms with van der Waals surface area (Å²) in [5.41, 5.74) is 0. The molecule has 0 rings (SSSR count). The van der Waals surface area contributed by atoms with Crippen LogP contribution in [0.2, 0.25) is 0 Å². The highest BCUT2D eigenvalue weighted by molar-refractivity contribution is 5.21. The summed E-state index contributed by atoms with van der Waals surface area (Å²) in [6.45, 7) is -0.970. The molecule has 0 spiro atoms. The van der Waals surface area contributed by atoms with E-state index in [1.165, 1.54) is 0 Å². The van der Waals surface area contributed by atoms with Gasteiger partial charge in [0.25, 0.3) is 0 Å². The molecule has 1 atom stereocenters. The van der Waals surface area contributed by atoms with Gasteiger partial charge in [-0.2, -0.15) is 114 Å². The zero-order valence-corrected chi connectivity index (χ0v) is 19.6. The molecule has 0 N–H and O–H groups in total. The molecule has 29 heteroatoms. The quantitative estimate of drug-likeness (QED) is 0.155. The molecule has 0 saturated heterocycles. The number of halogens is 29. The summed E-state index contributed by atoms with van der Waals surface area (Å²) >= 11 is 0. The maximum Gasteiger partial charge on any atom is 0.385 e. The number of alkyl halides is 29. The minimum atomic E-state index is -9.88. The molecular weight excluding hydrogens is 743 g/mol. The van der Waals surface area contributed by atoms with Crippen LogP contribution in [0.5, 0.6) is 0 Å². The fraction of sp³-hybridized carbons (Fsp3) is 1.00. The van der Waals surface area contributed by atoms with E-state index in [0.29, 0.717) is 0 Å². The average Bonchev–Trinajstić information content (AvgIpc) is 2.81. The fourth-order valence-electron chi connectivity index (χ4n) is 2.58. The number of hydrogen-bond donors (Lipinski definition) is 0. The Hall–Kier alpha value is -2.03. The summed E-state index contributed by atoms with van der Waals surface area (Å²) in [5, 5.41) is 0. The Morgan fingerprint density at radius 1 is 0.244 bits per heavy atom. The second-order valence-electron chi connectivity index (χ2n) is 8.48. The molecule has 45 heavy (non-hydrogen) atoms. The lowest BCUT2D eigenvalue weighted by Gasteiger charge is -2.46. The molecular formula is C16H5F29. The van der Waals surface area contributed by atoms with Crippen LogP contribution in [0.1, 0.15) is 6.92 Å². The number of hydrogen-bond acceptors (Lipinski definition) is 0. The van der Waals surface area contributed by atoms with E-state index in [2.05, 4.69) is 0 Å². The molecule has 0 amide bonds. The van der Waals surface area contributed by atoms with Crippen LogP contribution in [0.25, 0.3) is 0 Å². The summed E-state index contributed by atoms with van der Waals surface area (Å²) < 4.78 is 385. The van der Waals surface area contributed by atoms with E-state index in [1.54, 1.807) is 0 Å². The summed E-state index contributed by atoms with van der Waals surface area (Å²) in [6, 6.07) is 0. The van der Waals surface area contributed by atoms with Gasteiger partial charge >= 0.3 is 83.4 Å². The van der Waals surface area contributed by atoms with Crippen molar-refractivity contribution in [2.24, 2.45) is 0 Å². The van der Waals surface area contributed by atoms with Crippen molar-refractivity contribution in [3.8, 4) is 0 Å². The average molecular weight is 748 g/mol. The van der Waals surface area contributed by atoms with Gasteiger partial charge in [-0.15, -0.1) is 0 Å². The van der Waals surface area contributed by atoms with Crippen LogP contribution < -0.4 is 0 Å². The van der Waals surface area contributed by atoms with Crippen molar-refractivity contribution in [3.05, 3.63) is 0 Å². The van der Waals surface area contributed by atoms with E-state index in [9.17, 15) is 127 Å². The van der Waals surface area contributed by atoms with Gasteiger partial charge in [-0.1, -0.05) is 0 Å². The van der Waals surface area contributed by atoms with Crippen molar-refractivity contribution in [1.82, 2.24) is 0 Å². The van der Waals surface area contributed by atoms with Gasteiger partial charge in [0.05, 0.1) is 0 Å². The zero-order chi connectivity index (χ0) is 37.7. The molecule has 0 radical (unpaired) electrons. The van der Waals surface area contributed by atoms with E-state index < -0.39 is 96.5 Å². The van der Waals surface area contributed by atoms with E-state index in [4.69, 9.17) is 0 Å². The molecule has 1 unspecified atom stereocenters. The first kappa shape index (κ1) is 43.0. The largest absolute Gasteiger partial charge is 0.385 e. The Morgan fingerprint density at radius 3 is 0.511 bits per heavy atom. The molecule has 0 fully saturated rings. The van der Waals surface area contributed by atoms with Gasteiger partial charge in [-0.3, -0.25) is 0 Å². The SMILES string of the molecule is CC(F)C(F)(F)C(F)(F)C(F)(F)C(F)(F)C(F)(F)C(F)(F)C(F)(F)C(F)(F)C(F)(F)C(F)(F)C(F)(F)C(F)(F)C(F)(F)C(F)F. The Bertz CT molecular complexity index is 978. The predicted molar refractivity (Wildman–Crippen MR) is 80.9 cm³/mol. The van der Waals surface area contributed by atoms with Crippen LogP contribution >= 0.6 is 0 Å². The first-order valence-electron chi connectivity index (χ1n) is 9.72. The number of rotatable bonds is 14. The van der Waals surface area contributed by atoms with Crippen molar-refractivity contribution in [2.45, 2.75) is 96.5 Å². The lowest BCUT2D eigenvalue weighted by atomic mass is 9.83. The lowest BCUT2D eigenvalue weighted by molar-refractivity contribution is -0.483. The molecule has 0 bridgehead atoms. The molecule has 0 aliphatic carbocycles. The van der Waals surface area contributed by atoms with Crippen molar-refractivity contribution < 1.29 is 127 Å². The van der Waals surface area contributed by atoms with Crippen LogP contribution in [-0.4, -0.2) is 89.6 Å². The van der Waals surface area contributed by atoms with Crippen LogP contribution in [0.3, 0.4) is 0 Å². The second kappa shape index (κ2) is 10.5. The highest BCUT2D eigenvalue weighted by Crippen LogP contribution is 2.68. The van der Waals surface area contributed by atoms with Crippen LogP contribution in [0.15, 0.2) is 0 Å². The van der Waals surface area contributed by atoms with Gasteiger partial charge in [-0.05, 0) is 6.92 Å². The van der Waals surface area contributed by atoms with Crippen molar-refractivity contribution >= 4 is 0 Å². The van der Waals surface area contributed by atoms with Gasteiger partial charge in [0.2, 0.25) is 0 Å². The van der Waals surface area contributed by atoms with Crippen molar-refractivity contribution in [1.29, 1.82) is 0 Å². The summed E-state index contributed by atoms with van der Waals surface area (Å²) in [4.78, 5) is 0. The molecule has 0 nitrogen and oxygen atoms in total. The minimum absolute atomic E-state index is 0.970. The van der Waals surface area contributed by atoms with Crippen LogP contribution in [0, 0.1) is 0 Å². The van der Waals surface area contributed by atoms with Crippen LogP contribution in [-0.2, 0) is 0 Å². The zero-order valence-electron chi connectivity index (χ0n) is 19.6. The normalized spacial score (nSPS) is 17.7. The van der Waals surface area contributed by atoms with E-state index in [1.807, 2.05) is 0 Å². The molecule has 0 aromatic rings. The molecule has 272 valence electrons. The van der Waals surface area contributed by atoms with Gasteiger partial charge in [0, 0.05) is 0 Å². The summed E-state index contributed by atoms with van der Waals surface area (Å²) in [7, 11) is 0. The van der Waals surface area contributed by atoms with Gasteiger partial charge in [0.1, 0.15) is 0 Å². The predicted octanol–water partition coefficient (Wildman–Crippen LogP) is 9.87. The van der Waals surface area contributed by atoms with E-state index >= 15 is 0 Å². The highest BCUT2D eigenvalue weighted by Gasteiger charge is 3.00. The third kappa shape index (κ3) is 4.82. The van der Waals surface area contributed by atoms with Gasteiger partial charge < -0.3 is 0 Å². The Labute approximate surface area is 225 Å². The minimum Gasteiger partial charge on any atom is -0.241 e. The Balaban J connectivity index is 7.52. The first-order chi connectivity index (χ1) is 18.9. The third-order valence-electron chi connectivity index (χ3n) is 5.55. The van der Waals surface area contributed by atoms with E-state index in [0.717, 1.165) is 0 Å². The third-order valence-corrected chi connectivity index (χ3v) is 5.55. The van der Waals surface area contributed by atoms with Crippen molar-refractivity contribution in [3.63, 3.8) is 0 Å². The molecule has 0 aliphatic rings. The molecule has 0 aliphatic heterocycles. The van der Waals surface area contributed by atoms with Gasteiger partial charge in [-0.25, -0.2) is 13.2 Å². The monoisotopic (exact) mass is 748 g/mol. The molecule has 0 saturated carbocycles. The Kier molecular flexibility index (Phi) is 10.0. The maximum atomic E-state index is 13.7. The summed E-state index contributed by atoms with van der Waals surface area (Å²) in [5.74, 6) is -119. The second-order valence-corrected chi connectivity index (χ2v) is 8.48. The lowest BCUT2D eigenvalue weighted by Crippen LogP contribution is -2.79. The summed E-state index contributed by atoms with van der Waals surface area (Å²) in [6.07, 6.45) is -11.3. The standard InChI is InChI=1S/C16H5F29/c1-2(17)4(20,21)6(24,25)8(28,29)10(32,33)12(36,37)14(40,41)16(44,45)15(42,43)13(38,39)11(34,35)9(30,31)7(26,27)5(22,23)3(18)19/h2-3H,1H3. The van der Waals surface area contributed by atoms with Crippen molar-refractivity contribution in [2.75, 3.05) is 0 Å². The maximum absolute atomic E-state index is 13.7.